The average molecular weight is 494 g/mol. The van der Waals surface area contributed by atoms with Crippen molar-refractivity contribution in [1.82, 2.24) is 10.6 Å². The Morgan fingerprint density at radius 2 is 1.66 bits per heavy atom. The Bertz CT molecular complexity index is 1270. The van der Waals surface area contributed by atoms with Crippen molar-refractivity contribution in [3.05, 3.63) is 87.3 Å². The van der Waals surface area contributed by atoms with Crippen LogP contribution in [0, 0.1) is 0 Å². The summed E-state index contributed by atoms with van der Waals surface area (Å²) in [6, 6.07) is 17.2. The molecular weight excluding hydrogens is 470 g/mol. The minimum absolute atomic E-state index is 0.00280. The second-order valence-electron chi connectivity index (χ2n) is 8.12. The molecule has 0 spiro atoms. The lowest BCUT2D eigenvalue weighted by atomic mass is 9.97. The summed E-state index contributed by atoms with van der Waals surface area (Å²) in [5.74, 6) is -4.47. The van der Waals surface area contributed by atoms with Gasteiger partial charge in [0.25, 0.3) is 5.91 Å². The molecule has 2 aromatic carbocycles. The first-order valence-electron chi connectivity index (χ1n) is 10.9. The second kappa shape index (κ2) is 10.5. The largest absolute Gasteiger partial charge is 0.478 e. The molecule has 0 aliphatic carbocycles. The van der Waals surface area contributed by atoms with Crippen molar-refractivity contribution in [3.8, 4) is 0 Å². The number of anilines is 1. The van der Waals surface area contributed by atoms with E-state index >= 15 is 0 Å². The van der Waals surface area contributed by atoms with Crippen molar-refractivity contribution in [1.29, 1.82) is 0 Å². The number of nitrogens with one attached hydrogen (secondary N) is 3. The topological polar surface area (TPSA) is 145 Å². The Hall–Kier alpha value is -4.02. The number of rotatable bonds is 7. The fourth-order valence-electron chi connectivity index (χ4n) is 3.97. The van der Waals surface area contributed by atoms with E-state index in [-0.39, 0.29) is 29.1 Å². The van der Waals surface area contributed by atoms with Crippen molar-refractivity contribution in [2.75, 3.05) is 11.9 Å². The molecule has 0 saturated carbocycles. The third-order valence-corrected chi connectivity index (χ3v) is 6.85. The maximum absolute atomic E-state index is 12.6. The van der Waals surface area contributed by atoms with Gasteiger partial charge in [0.05, 0.1) is 5.56 Å². The Morgan fingerprint density at radius 1 is 0.971 bits per heavy atom. The van der Waals surface area contributed by atoms with E-state index in [1.165, 1.54) is 5.56 Å². The van der Waals surface area contributed by atoms with Crippen LogP contribution in [0.3, 0.4) is 0 Å². The molecule has 0 radical (unpaired) electrons. The molecule has 4 rings (SSSR count). The number of aromatic carboxylic acids is 1. The molecule has 1 aromatic heterocycles. The Kier molecular flexibility index (Phi) is 7.23. The summed E-state index contributed by atoms with van der Waals surface area (Å²) < 4.78 is 0. The molecule has 35 heavy (non-hydrogen) atoms. The molecule has 0 saturated heterocycles. The second-order valence-corrected chi connectivity index (χ2v) is 9.23. The number of carbonyl (C=O) groups is 4. The van der Waals surface area contributed by atoms with Crippen LogP contribution in [0.1, 0.15) is 42.3 Å². The molecule has 1 atom stereocenters. The zero-order chi connectivity index (χ0) is 24.9. The minimum atomic E-state index is -1.69. The van der Waals surface area contributed by atoms with Crippen molar-refractivity contribution in [3.63, 3.8) is 0 Å². The molecule has 2 amide bonds. The highest BCUT2D eigenvalue weighted by atomic mass is 32.1. The van der Waals surface area contributed by atoms with Gasteiger partial charge in [-0.1, -0.05) is 42.5 Å². The van der Waals surface area contributed by atoms with Crippen LogP contribution < -0.4 is 16.0 Å². The zero-order valence-electron chi connectivity index (χ0n) is 18.5. The van der Waals surface area contributed by atoms with Gasteiger partial charge >= 0.3 is 17.8 Å². The first kappa shape index (κ1) is 24.1. The number of benzene rings is 2. The van der Waals surface area contributed by atoms with E-state index in [4.69, 9.17) is 5.11 Å². The van der Waals surface area contributed by atoms with Crippen molar-refractivity contribution >= 4 is 40.1 Å². The fourth-order valence-corrected chi connectivity index (χ4v) is 5.13. The Labute approximate surface area is 204 Å². The lowest BCUT2D eigenvalue weighted by Gasteiger charge is -2.24. The van der Waals surface area contributed by atoms with Gasteiger partial charge in [0.1, 0.15) is 5.00 Å². The third-order valence-electron chi connectivity index (χ3n) is 5.70. The molecular formula is C25H23N3O6S. The van der Waals surface area contributed by atoms with Gasteiger partial charge in [-0.25, -0.2) is 9.59 Å². The summed E-state index contributed by atoms with van der Waals surface area (Å²) in [6.07, 6.45) is 1.09. The maximum atomic E-state index is 12.6. The van der Waals surface area contributed by atoms with Crippen LogP contribution in [0.5, 0.6) is 0 Å². The van der Waals surface area contributed by atoms with E-state index in [1.807, 2.05) is 30.3 Å². The van der Waals surface area contributed by atoms with Gasteiger partial charge in [-0.05, 0) is 41.7 Å². The van der Waals surface area contributed by atoms with E-state index in [0.29, 0.717) is 29.0 Å². The minimum Gasteiger partial charge on any atom is -0.478 e. The van der Waals surface area contributed by atoms with E-state index < -0.39 is 17.8 Å². The maximum Gasteiger partial charge on any atom is 0.394 e. The summed E-state index contributed by atoms with van der Waals surface area (Å²) in [7, 11) is 0. The highest BCUT2D eigenvalue weighted by molar-refractivity contribution is 7.17. The number of carbonyl (C=O) groups excluding carboxylic acids is 2. The number of aliphatic carboxylic acids is 1. The predicted molar refractivity (Wildman–Crippen MR) is 130 cm³/mol. The van der Waals surface area contributed by atoms with Crippen molar-refractivity contribution in [2.45, 2.75) is 25.4 Å². The average Bonchev–Trinajstić information content (AvgIpc) is 3.20. The quantitative estimate of drug-likeness (QED) is 0.318. The third kappa shape index (κ3) is 5.73. The van der Waals surface area contributed by atoms with Crippen LogP contribution in [0.25, 0.3) is 0 Å². The van der Waals surface area contributed by atoms with Gasteiger partial charge in [0.2, 0.25) is 0 Å². The summed E-state index contributed by atoms with van der Waals surface area (Å²) in [4.78, 5) is 47.5. The lowest BCUT2D eigenvalue weighted by Crippen LogP contribution is -2.44. The number of hydrogen-bond acceptors (Lipinski definition) is 6. The Morgan fingerprint density at radius 3 is 2.31 bits per heavy atom. The lowest BCUT2D eigenvalue weighted by molar-refractivity contribution is -0.147. The van der Waals surface area contributed by atoms with E-state index in [1.54, 1.807) is 12.1 Å². The number of amides is 2. The van der Waals surface area contributed by atoms with Crippen molar-refractivity contribution in [2.24, 2.45) is 0 Å². The zero-order valence-corrected chi connectivity index (χ0v) is 19.4. The smallest absolute Gasteiger partial charge is 0.394 e. The molecule has 10 heteroatoms. The number of hydrogen-bond donors (Lipinski definition) is 5. The molecule has 180 valence electrons. The van der Waals surface area contributed by atoms with Gasteiger partial charge < -0.3 is 26.2 Å². The molecule has 5 N–H and O–H groups in total. The van der Waals surface area contributed by atoms with Gasteiger partial charge in [-0.2, -0.15) is 0 Å². The van der Waals surface area contributed by atoms with E-state index in [2.05, 4.69) is 28.1 Å². The highest BCUT2D eigenvalue weighted by Crippen LogP contribution is 2.36. The van der Waals surface area contributed by atoms with Crippen LogP contribution in [-0.4, -0.2) is 46.6 Å². The SMILES string of the molecule is O=C(O)C(=O)Nc1sc2c(c1C(=O)O)CC(CNC(=O)c1ccc(Cc3ccccc3)cc1)NC2. The number of carboxylic acids is 2. The van der Waals surface area contributed by atoms with Crippen LogP contribution in [0.4, 0.5) is 5.00 Å². The van der Waals surface area contributed by atoms with Crippen LogP contribution in [-0.2, 0) is 29.0 Å². The van der Waals surface area contributed by atoms with Gasteiger partial charge in [-0.3, -0.25) is 9.59 Å². The number of carboxylic acid groups (broad SMARTS) is 2. The highest BCUT2D eigenvalue weighted by Gasteiger charge is 2.30. The number of fused-ring (bicyclic) bond motifs is 1. The summed E-state index contributed by atoms with van der Waals surface area (Å²) in [6.45, 7) is 0.619. The van der Waals surface area contributed by atoms with Gasteiger partial charge in [-0.15, -0.1) is 11.3 Å². The molecule has 0 bridgehead atoms. The Balaban J connectivity index is 1.37. The van der Waals surface area contributed by atoms with Crippen LogP contribution in [0.2, 0.25) is 0 Å². The van der Waals surface area contributed by atoms with Gasteiger partial charge in [0, 0.05) is 29.6 Å². The molecule has 1 aliphatic heterocycles. The molecule has 1 unspecified atom stereocenters. The summed E-state index contributed by atoms with van der Waals surface area (Å²) >= 11 is 1.04. The summed E-state index contributed by atoms with van der Waals surface area (Å²) in [5.41, 5.74) is 3.24. The first-order chi connectivity index (χ1) is 16.8. The van der Waals surface area contributed by atoms with Crippen LogP contribution in [0.15, 0.2) is 54.6 Å². The standard InChI is InChI=1S/C25H23N3O6S/c29-21(16-8-6-15(7-9-16)10-14-4-2-1-3-5-14)27-12-17-11-18-19(13-26-17)35-23(20(18)24(31)32)28-22(30)25(33)34/h1-9,17,26H,10-13H2,(H,27,29)(H,28,30)(H,31,32)(H,33,34). The monoisotopic (exact) mass is 493 g/mol. The molecule has 0 fully saturated rings. The predicted octanol–water partition coefficient (Wildman–Crippen LogP) is 2.50. The first-order valence-corrected chi connectivity index (χ1v) is 11.7. The van der Waals surface area contributed by atoms with E-state index in [0.717, 1.165) is 23.3 Å². The summed E-state index contributed by atoms with van der Waals surface area (Å²) in [5, 5.41) is 26.7. The molecule has 9 nitrogen and oxygen atoms in total. The molecule has 2 heterocycles. The molecule has 1 aliphatic rings. The number of thiophene rings is 1. The van der Waals surface area contributed by atoms with E-state index in [9.17, 15) is 24.3 Å². The molecule has 3 aromatic rings. The van der Waals surface area contributed by atoms with Crippen LogP contribution >= 0.6 is 11.3 Å². The van der Waals surface area contributed by atoms with Gasteiger partial charge in [0.15, 0.2) is 0 Å². The fraction of sp³-hybridized carbons (Fsp3) is 0.200. The normalized spacial score (nSPS) is 14.6. The van der Waals surface area contributed by atoms with Crippen molar-refractivity contribution < 1.29 is 29.4 Å².